The molecule has 1 saturated carbocycles. The summed E-state index contributed by atoms with van der Waals surface area (Å²) in [6, 6.07) is 7.71. The topological polar surface area (TPSA) is 81.1 Å². The lowest BCUT2D eigenvalue weighted by Gasteiger charge is -2.16. The average Bonchev–Trinajstić information content (AvgIpc) is 3.40. The highest BCUT2D eigenvalue weighted by Crippen LogP contribution is 2.38. The molecule has 1 fully saturated rings. The van der Waals surface area contributed by atoms with E-state index in [1.165, 1.54) is 11.8 Å². The first-order valence-corrected chi connectivity index (χ1v) is 11.1. The number of carbonyl (C=O) groups is 1. The molecule has 2 aliphatic carbocycles. The largest absolute Gasteiger partial charge is 0.481 e. The number of hydrogen-bond donors (Lipinski definition) is 2. The number of amides is 2. The number of rotatable bonds is 6. The van der Waals surface area contributed by atoms with Gasteiger partial charge in [0.2, 0.25) is 5.88 Å². The zero-order valence-corrected chi connectivity index (χ0v) is 17.8. The summed E-state index contributed by atoms with van der Waals surface area (Å²) >= 11 is 0.882. The minimum absolute atomic E-state index is 0.166. The van der Waals surface area contributed by atoms with E-state index in [2.05, 4.69) is 26.2 Å². The van der Waals surface area contributed by atoms with Crippen molar-refractivity contribution in [1.82, 2.24) is 19.5 Å². The normalized spacial score (nSPS) is 14.9. The van der Waals surface area contributed by atoms with Gasteiger partial charge >= 0.3 is 6.03 Å². The third kappa shape index (κ3) is 4.10. The van der Waals surface area contributed by atoms with Crippen molar-refractivity contribution >= 4 is 23.7 Å². The molecule has 1 aromatic carbocycles. The Hall–Kier alpha value is -3.07. The van der Waals surface area contributed by atoms with Crippen LogP contribution in [0.1, 0.15) is 36.4 Å². The number of aromatic nitrogens is 3. The molecular weight excluding hydrogens is 417 g/mol. The molecule has 2 amide bonds. The second kappa shape index (κ2) is 8.22. The summed E-state index contributed by atoms with van der Waals surface area (Å²) in [6.45, 7) is 0. The molecule has 9 heteroatoms. The first-order valence-electron chi connectivity index (χ1n) is 10.3. The maximum atomic E-state index is 14.1. The molecule has 0 radical (unpaired) electrons. The Kier molecular flexibility index (Phi) is 5.27. The van der Waals surface area contributed by atoms with Crippen molar-refractivity contribution in [2.24, 2.45) is 0 Å². The number of halogens is 1. The molecule has 2 heterocycles. The molecule has 160 valence electrons. The summed E-state index contributed by atoms with van der Waals surface area (Å²) in [4.78, 5) is 16.9. The highest BCUT2D eigenvalue weighted by Gasteiger charge is 2.26. The van der Waals surface area contributed by atoms with Crippen molar-refractivity contribution in [3.8, 4) is 17.0 Å². The second-order valence-corrected chi connectivity index (χ2v) is 8.51. The smallest absolute Gasteiger partial charge is 0.329 e. The zero-order valence-electron chi connectivity index (χ0n) is 17.0. The maximum Gasteiger partial charge on any atom is 0.329 e. The molecule has 3 aromatic rings. The Morgan fingerprint density at radius 2 is 2.16 bits per heavy atom. The minimum Gasteiger partial charge on any atom is -0.481 e. The summed E-state index contributed by atoms with van der Waals surface area (Å²) in [6.07, 6.45) is 8.03. The third-order valence-electron chi connectivity index (χ3n) is 5.59. The average molecular weight is 440 g/mol. The van der Waals surface area contributed by atoms with E-state index < -0.39 is 11.8 Å². The van der Waals surface area contributed by atoms with Crippen LogP contribution in [0.4, 0.5) is 14.9 Å². The number of carbonyl (C=O) groups excluding carboxylic acids is 1. The summed E-state index contributed by atoms with van der Waals surface area (Å²) in [5, 5.41) is 7.39. The van der Waals surface area contributed by atoms with Gasteiger partial charge in [-0.05, 0) is 54.9 Å². The van der Waals surface area contributed by atoms with Crippen molar-refractivity contribution in [3.63, 3.8) is 0 Å². The second-order valence-electron chi connectivity index (χ2n) is 7.72. The minimum atomic E-state index is -0.428. The Morgan fingerprint density at radius 3 is 2.97 bits per heavy atom. The fraction of sp³-hybridized carbons (Fsp3) is 0.318. The quantitative estimate of drug-likeness (QED) is 0.542. The number of hydrogen-bond acceptors (Lipinski definition) is 5. The Balaban J connectivity index is 1.37. The van der Waals surface area contributed by atoms with Gasteiger partial charge in [-0.25, -0.2) is 14.2 Å². The molecule has 0 atom stereocenters. The molecule has 5 rings (SSSR count). The van der Waals surface area contributed by atoms with Gasteiger partial charge in [-0.15, -0.1) is 0 Å². The van der Waals surface area contributed by atoms with Gasteiger partial charge in [0.25, 0.3) is 0 Å². The van der Waals surface area contributed by atoms with Crippen LogP contribution in [0.25, 0.3) is 11.1 Å². The lowest BCUT2D eigenvalue weighted by molar-refractivity contribution is 0.257. The van der Waals surface area contributed by atoms with Gasteiger partial charge in [-0.2, -0.15) is 5.10 Å². The molecule has 2 aliphatic rings. The van der Waals surface area contributed by atoms with Crippen LogP contribution in [0.2, 0.25) is 0 Å². The number of benzene rings is 1. The van der Waals surface area contributed by atoms with Crippen LogP contribution in [0.15, 0.2) is 41.7 Å². The number of pyridine rings is 1. The Bertz CT molecular complexity index is 1140. The number of fused-ring (bicyclic) bond motifs is 1. The zero-order chi connectivity index (χ0) is 21.4. The monoisotopic (exact) mass is 439 g/mol. The fourth-order valence-electron chi connectivity index (χ4n) is 3.92. The van der Waals surface area contributed by atoms with Gasteiger partial charge in [0, 0.05) is 29.8 Å². The van der Waals surface area contributed by atoms with E-state index in [0.717, 1.165) is 66.4 Å². The van der Waals surface area contributed by atoms with Gasteiger partial charge in [-0.3, -0.25) is 9.40 Å². The van der Waals surface area contributed by atoms with E-state index >= 15 is 0 Å². The summed E-state index contributed by atoms with van der Waals surface area (Å²) in [5.74, 6) is 0.0769. The molecule has 0 aliphatic heterocycles. The maximum absolute atomic E-state index is 14.1. The van der Waals surface area contributed by atoms with Crippen LogP contribution in [0.5, 0.6) is 5.88 Å². The number of nitrogens with zero attached hydrogens (tertiary/aromatic N) is 3. The molecule has 0 bridgehead atoms. The highest BCUT2D eigenvalue weighted by molar-refractivity contribution is 7.97. The molecule has 0 saturated heterocycles. The molecular formula is C22H22FN5O2S. The molecule has 0 unspecified atom stereocenters. The number of methoxy groups -OCH3 is 1. The van der Waals surface area contributed by atoms with Gasteiger partial charge in [0.15, 0.2) is 10.8 Å². The van der Waals surface area contributed by atoms with E-state index in [0.29, 0.717) is 5.88 Å². The van der Waals surface area contributed by atoms with Crippen LogP contribution in [-0.4, -0.2) is 27.9 Å². The summed E-state index contributed by atoms with van der Waals surface area (Å²) in [7, 11) is 1.57. The number of aryl methyl sites for hydroxylation is 1. The molecule has 7 nitrogen and oxygen atoms in total. The van der Waals surface area contributed by atoms with Crippen molar-refractivity contribution in [1.29, 1.82) is 0 Å². The predicted molar refractivity (Wildman–Crippen MR) is 117 cm³/mol. The molecule has 31 heavy (non-hydrogen) atoms. The Morgan fingerprint density at radius 1 is 1.29 bits per heavy atom. The third-order valence-corrected chi connectivity index (χ3v) is 6.35. The standard InChI is InChI=1S/C22H22FN5O2S/c1-30-19-11-14(9-10-24-19)17-8-5-13-3-2-4-16(13)20(17)25-22(29)27-31-21-18(23)12-28(26-21)15-6-7-15/h5,8-12,15H,2-4,6-7H2,1H3,(H2,25,27,29). The van der Waals surface area contributed by atoms with Crippen LogP contribution in [0, 0.1) is 5.82 Å². The van der Waals surface area contributed by atoms with Crippen molar-refractivity contribution in [2.75, 3.05) is 12.4 Å². The fourth-order valence-corrected chi connectivity index (χ4v) is 4.45. The van der Waals surface area contributed by atoms with Crippen molar-refractivity contribution in [3.05, 3.63) is 53.6 Å². The van der Waals surface area contributed by atoms with E-state index in [-0.39, 0.29) is 11.1 Å². The van der Waals surface area contributed by atoms with Crippen LogP contribution in [-0.2, 0) is 12.8 Å². The molecule has 2 aromatic heterocycles. The number of ether oxygens (including phenoxy) is 1. The van der Waals surface area contributed by atoms with Gasteiger partial charge in [0.1, 0.15) is 0 Å². The highest BCUT2D eigenvalue weighted by atomic mass is 32.2. The Labute approximate surface area is 183 Å². The lowest BCUT2D eigenvalue weighted by Crippen LogP contribution is -2.24. The van der Waals surface area contributed by atoms with Gasteiger partial charge in [-0.1, -0.05) is 12.1 Å². The van der Waals surface area contributed by atoms with E-state index in [9.17, 15) is 9.18 Å². The van der Waals surface area contributed by atoms with Crippen LogP contribution >= 0.6 is 11.9 Å². The first kappa shape index (κ1) is 19.9. The van der Waals surface area contributed by atoms with Gasteiger partial charge in [0.05, 0.1) is 25.0 Å². The number of urea groups is 1. The van der Waals surface area contributed by atoms with Crippen LogP contribution in [0.3, 0.4) is 0 Å². The lowest BCUT2D eigenvalue weighted by atomic mass is 9.98. The van der Waals surface area contributed by atoms with Crippen molar-refractivity contribution < 1.29 is 13.9 Å². The summed E-state index contributed by atoms with van der Waals surface area (Å²) in [5.41, 5.74) is 4.94. The van der Waals surface area contributed by atoms with Crippen LogP contribution < -0.4 is 14.8 Å². The number of nitrogens with one attached hydrogen (secondary N) is 2. The molecule has 2 N–H and O–H groups in total. The molecule has 0 spiro atoms. The summed E-state index contributed by atoms with van der Waals surface area (Å²) < 4.78 is 23.7. The first-order chi connectivity index (χ1) is 15.1. The van der Waals surface area contributed by atoms with E-state index in [1.807, 2.05) is 18.2 Å². The SMILES string of the molecule is COc1cc(-c2ccc3c(c2NC(=O)NSc2nn(C4CC4)cc2F)CCC3)ccn1. The van der Waals surface area contributed by atoms with Gasteiger partial charge < -0.3 is 10.1 Å². The van der Waals surface area contributed by atoms with E-state index in [1.54, 1.807) is 18.0 Å². The van der Waals surface area contributed by atoms with Crippen molar-refractivity contribution in [2.45, 2.75) is 43.2 Å². The number of anilines is 1. The predicted octanol–water partition coefficient (Wildman–Crippen LogP) is 4.75. The van der Waals surface area contributed by atoms with E-state index in [4.69, 9.17) is 4.74 Å².